The fraction of sp³-hybridized carbons (Fsp3) is 0.150. The molecule has 8 heteroatoms. The van der Waals surface area contributed by atoms with Crippen LogP contribution in [0.3, 0.4) is 0 Å². The summed E-state index contributed by atoms with van der Waals surface area (Å²) < 4.78 is 23.8. The molecule has 1 amide bonds. The van der Waals surface area contributed by atoms with Gasteiger partial charge in [0.1, 0.15) is 23.2 Å². The quantitative estimate of drug-likeness (QED) is 0.448. The molecule has 0 saturated carbocycles. The molecular formula is C20H16ClFN2O4. The molecule has 2 rings (SSSR count). The number of nitriles is 1. The lowest BCUT2D eigenvalue weighted by molar-refractivity contribution is -0.148. The third kappa shape index (κ3) is 5.56. The van der Waals surface area contributed by atoms with Gasteiger partial charge in [-0.2, -0.15) is 5.26 Å². The Kier molecular flexibility index (Phi) is 7.13. The highest BCUT2D eigenvalue weighted by molar-refractivity contribution is 6.30. The summed E-state index contributed by atoms with van der Waals surface area (Å²) >= 11 is 5.65. The summed E-state index contributed by atoms with van der Waals surface area (Å²) in [7, 11) is 1.49. The minimum absolute atomic E-state index is 0.107. The number of hydrogen-bond donors (Lipinski definition) is 1. The minimum Gasteiger partial charge on any atom is -0.497 e. The second-order valence-corrected chi connectivity index (χ2v) is 6.04. The van der Waals surface area contributed by atoms with Gasteiger partial charge in [0.05, 0.1) is 12.8 Å². The average molecular weight is 403 g/mol. The van der Waals surface area contributed by atoms with Gasteiger partial charge in [-0.25, -0.2) is 9.18 Å². The Bertz CT molecular complexity index is 969. The highest BCUT2D eigenvalue weighted by Gasteiger charge is 2.21. The number of carbonyl (C=O) groups is 2. The second-order valence-electron chi connectivity index (χ2n) is 5.61. The summed E-state index contributed by atoms with van der Waals surface area (Å²) in [5, 5.41) is 11.7. The van der Waals surface area contributed by atoms with Crippen molar-refractivity contribution in [3.8, 4) is 11.8 Å². The van der Waals surface area contributed by atoms with Crippen LogP contribution in [0.4, 0.5) is 10.1 Å². The molecule has 2 aromatic rings. The van der Waals surface area contributed by atoms with Gasteiger partial charge in [-0.15, -0.1) is 0 Å². The molecule has 144 valence electrons. The Morgan fingerprint density at radius 1 is 1.29 bits per heavy atom. The predicted octanol–water partition coefficient (Wildman–Crippen LogP) is 3.97. The number of rotatable bonds is 6. The van der Waals surface area contributed by atoms with E-state index >= 15 is 0 Å². The summed E-state index contributed by atoms with van der Waals surface area (Å²) in [4.78, 5) is 24.3. The van der Waals surface area contributed by atoms with Crippen LogP contribution < -0.4 is 10.1 Å². The van der Waals surface area contributed by atoms with Gasteiger partial charge in [-0.3, -0.25) is 4.79 Å². The van der Waals surface area contributed by atoms with E-state index in [1.807, 2.05) is 0 Å². The van der Waals surface area contributed by atoms with Crippen LogP contribution in [-0.2, 0) is 14.3 Å². The smallest absolute Gasteiger partial charge is 0.349 e. The first-order valence-corrected chi connectivity index (χ1v) is 8.44. The van der Waals surface area contributed by atoms with E-state index in [-0.39, 0.29) is 16.3 Å². The number of anilines is 1. The van der Waals surface area contributed by atoms with Gasteiger partial charge in [0, 0.05) is 5.02 Å². The maximum atomic E-state index is 13.8. The third-order valence-corrected chi connectivity index (χ3v) is 3.82. The first kappa shape index (κ1) is 20.9. The van der Waals surface area contributed by atoms with Gasteiger partial charge < -0.3 is 14.8 Å². The lowest BCUT2D eigenvalue weighted by Crippen LogP contribution is -2.30. The van der Waals surface area contributed by atoms with Crippen LogP contribution in [0.2, 0.25) is 5.02 Å². The summed E-state index contributed by atoms with van der Waals surface area (Å²) in [5.41, 5.74) is 0.142. The van der Waals surface area contributed by atoms with E-state index in [2.05, 4.69) is 5.32 Å². The summed E-state index contributed by atoms with van der Waals surface area (Å²) in [6, 6.07) is 12.2. The fourth-order valence-electron chi connectivity index (χ4n) is 2.14. The van der Waals surface area contributed by atoms with Crippen molar-refractivity contribution in [2.24, 2.45) is 0 Å². The van der Waals surface area contributed by atoms with Crippen molar-refractivity contribution in [3.05, 3.63) is 64.4 Å². The van der Waals surface area contributed by atoms with E-state index in [9.17, 15) is 19.2 Å². The molecule has 0 heterocycles. The molecule has 0 spiro atoms. The number of ether oxygens (including phenoxy) is 2. The van der Waals surface area contributed by atoms with E-state index in [0.29, 0.717) is 11.3 Å². The molecule has 0 bridgehead atoms. The van der Waals surface area contributed by atoms with Crippen molar-refractivity contribution >= 4 is 35.2 Å². The lowest BCUT2D eigenvalue weighted by atomic mass is 10.1. The number of carbonyl (C=O) groups excluding carboxylic acids is 2. The second kappa shape index (κ2) is 9.53. The Morgan fingerprint density at radius 3 is 2.68 bits per heavy atom. The molecule has 0 aliphatic rings. The van der Waals surface area contributed by atoms with Gasteiger partial charge in [-0.1, -0.05) is 23.7 Å². The zero-order valence-corrected chi connectivity index (χ0v) is 15.8. The van der Waals surface area contributed by atoms with Crippen LogP contribution in [0.15, 0.2) is 48.0 Å². The van der Waals surface area contributed by atoms with Crippen LogP contribution in [-0.4, -0.2) is 25.1 Å². The van der Waals surface area contributed by atoms with Gasteiger partial charge >= 0.3 is 5.97 Å². The zero-order chi connectivity index (χ0) is 20.7. The van der Waals surface area contributed by atoms with Crippen molar-refractivity contribution in [1.82, 2.24) is 0 Å². The molecule has 0 aliphatic heterocycles. The number of esters is 1. The number of nitrogens with one attached hydrogen (secondary N) is 1. The van der Waals surface area contributed by atoms with Crippen molar-refractivity contribution in [3.63, 3.8) is 0 Å². The molecule has 1 atom stereocenters. The Balaban J connectivity index is 2.07. The molecule has 1 N–H and O–H groups in total. The van der Waals surface area contributed by atoms with E-state index in [4.69, 9.17) is 21.1 Å². The number of halogens is 2. The van der Waals surface area contributed by atoms with Gasteiger partial charge in [0.25, 0.3) is 5.91 Å². The molecule has 0 radical (unpaired) electrons. The SMILES string of the molecule is COc1cccc(/C=C(\C#N)C(=O)O[C@@H](C)C(=O)Nc2ccc(Cl)cc2F)c1. The Morgan fingerprint density at radius 2 is 2.04 bits per heavy atom. The third-order valence-electron chi connectivity index (χ3n) is 3.59. The molecule has 0 aliphatic carbocycles. The van der Waals surface area contributed by atoms with Crippen LogP contribution in [0.25, 0.3) is 6.08 Å². The van der Waals surface area contributed by atoms with Crippen LogP contribution in [0.5, 0.6) is 5.75 Å². The van der Waals surface area contributed by atoms with Crippen molar-refractivity contribution in [1.29, 1.82) is 5.26 Å². The van der Waals surface area contributed by atoms with E-state index < -0.39 is 23.8 Å². The van der Waals surface area contributed by atoms with E-state index in [0.717, 1.165) is 6.07 Å². The monoisotopic (exact) mass is 402 g/mol. The zero-order valence-electron chi connectivity index (χ0n) is 15.0. The van der Waals surface area contributed by atoms with Crippen LogP contribution in [0.1, 0.15) is 12.5 Å². The van der Waals surface area contributed by atoms with Crippen LogP contribution in [0, 0.1) is 17.1 Å². The van der Waals surface area contributed by atoms with Gasteiger partial charge in [0.2, 0.25) is 0 Å². The largest absolute Gasteiger partial charge is 0.497 e. The summed E-state index contributed by atoms with van der Waals surface area (Å²) in [6.45, 7) is 1.31. The topological polar surface area (TPSA) is 88.4 Å². The fourth-order valence-corrected chi connectivity index (χ4v) is 2.30. The van der Waals surface area contributed by atoms with Crippen molar-refractivity contribution < 1.29 is 23.5 Å². The molecule has 0 fully saturated rings. The maximum absolute atomic E-state index is 13.8. The Labute approximate surface area is 166 Å². The first-order valence-electron chi connectivity index (χ1n) is 8.06. The highest BCUT2D eigenvalue weighted by atomic mass is 35.5. The number of hydrogen-bond acceptors (Lipinski definition) is 5. The molecule has 0 saturated heterocycles. The molecule has 0 aromatic heterocycles. The normalized spacial score (nSPS) is 11.9. The number of amides is 1. The summed E-state index contributed by atoms with van der Waals surface area (Å²) in [5.74, 6) is -1.91. The van der Waals surface area contributed by atoms with Crippen LogP contribution >= 0.6 is 11.6 Å². The van der Waals surface area contributed by atoms with E-state index in [1.54, 1.807) is 30.3 Å². The molecular weight excluding hydrogens is 387 g/mol. The number of methoxy groups -OCH3 is 1. The average Bonchev–Trinajstić information content (AvgIpc) is 2.68. The van der Waals surface area contributed by atoms with Crippen molar-refractivity contribution in [2.45, 2.75) is 13.0 Å². The van der Waals surface area contributed by atoms with Crippen molar-refractivity contribution in [2.75, 3.05) is 12.4 Å². The molecule has 28 heavy (non-hydrogen) atoms. The summed E-state index contributed by atoms with van der Waals surface area (Å²) in [6.07, 6.45) is 0.0542. The van der Waals surface area contributed by atoms with Gasteiger partial charge in [0.15, 0.2) is 6.10 Å². The molecule has 2 aromatic carbocycles. The van der Waals surface area contributed by atoms with E-state index in [1.165, 1.54) is 32.2 Å². The number of nitrogens with zero attached hydrogens (tertiary/aromatic N) is 1. The molecule has 6 nitrogen and oxygen atoms in total. The standard InChI is InChI=1S/C20H16ClFN2O4/c1-12(19(25)24-18-7-6-15(21)10-17(18)22)28-20(26)14(11-23)8-13-4-3-5-16(9-13)27-2/h3-10,12H,1-2H3,(H,24,25)/b14-8+/t12-/m0/s1. The van der Waals surface area contributed by atoms with Gasteiger partial charge in [-0.05, 0) is 48.9 Å². The highest BCUT2D eigenvalue weighted by Crippen LogP contribution is 2.20. The first-order chi connectivity index (χ1) is 13.3. The number of benzene rings is 2. The molecule has 0 unspecified atom stereocenters. The Hall–Kier alpha value is -3.37. The predicted molar refractivity (Wildman–Crippen MR) is 102 cm³/mol. The maximum Gasteiger partial charge on any atom is 0.349 e. The minimum atomic E-state index is -1.26. The lowest BCUT2D eigenvalue weighted by Gasteiger charge is -2.13.